The summed E-state index contributed by atoms with van der Waals surface area (Å²) in [5, 5.41) is 7.07. The van der Waals surface area contributed by atoms with Gasteiger partial charge in [-0.05, 0) is 42.2 Å². The van der Waals surface area contributed by atoms with Crippen molar-refractivity contribution in [3.05, 3.63) is 52.3 Å². The van der Waals surface area contributed by atoms with E-state index in [0.29, 0.717) is 50.3 Å². The van der Waals surface area contributed by atoms with Gasteiger partial charge in [-0.2, -0.15) is 18.3 Å². The van der Waals surface area contributed by atoms with Gasteiger partial charge in [-0.3, -0.25) is 14.7 Å². The number of rotatable bonds is 2. The Morgan fingerprint density at radius 1 is 1.06 bits per heavy atom. The van der Waals surface area contributed by atoms with Crippen molar-refractivity contribution in [2.24, 2.45) is 11.8 Å². The fourth-order valence-electron chi connectivity index (χ4n) is 5.52. The van der Waals surface area contributed by atoms with Crippen LogP contribution in [0.1, 0.15) is 58.6 Å². The van der Waals surface area contributed by atoms with E-state index in [-0.39, 0.29) is 29.6 Å². The molecular weight excluding hydrogens is 409 g/mol. The summed E-state index contributed by atoms with van der Waals surface area (Å²) >= 11 is 0. The van der Waals surface area contributed by atoms with Crippen LogP contribution in [0.5, 0.6) is 0 Å². The van der Waals surface area contributed by atoms with E-state index in [1.54, 1.807) is 21.9 Å². The highest BCUT2D eigenvalue weighted by atomic mass is 19.4. The molecule has 1 N–H and O–H groups in total. The van der Waals surface area contributed by atoms with E-state index in [4.69, 9.17) is 0 Å². The van der Waals surface area contributed by atoms with E-state index in [0.717, 1.165) is 17.3 Å². The monoisotopic (exact) mass is 432 g/mol. The number of alkyl halides is 3. The average Bonchev–Trinajstić information content (AvgIpc) is 3.45. The highest BCUT2D eigenvalue weighted by Gasteiger charge is 2.46. The van der Waals surface area contributed by atoms with Crippen molar-refractivity contribution in [3.63, 3.8) is 0 Å². The van der Waals surface area contributed by atoms with E-state index in [1.807, 2.05) is 0 Å². The normalized spacial score (nSPS) is 25.1. The number of carbonyl (C=O) groups is 2. The van der Waals surface area contributed by atoms with Gasteiger partial charge in [0, 0.05) is 25.6 Å². The zero-order valence-corrected chi connectivity index (χ0v) is 17.1. The fraction of sp³-hybridized carbons (Fsp3) is 0.500. The number of halogens is 3. The second kappa shape index (κ2) is 7.10. The van der Waals surface area contributed by atoms with Crippen LogP contribution >= 0.6 is 0 Å². The van der Waals surface area contributed by atoms with Crippen molar-refractivity contribution in [1.29, 1.82) is 0 Å². The van der Waals surface area contributed by atoms with Crippen LogP contribution in [0.25, 0.3) is 0 Å². The molecule has 2 aromatic rings. The third-order valence-electron chi connectivity index (χ3n) is 7.04. The van der Waals surface area contributed by atoms with Crippen LogP contribution < -0.4 is 0 Å². The molecule has 1 aromatic carbocycles. The van der Waals surface area contributed by atoms with Crippen LogP contribution in [0.4, 0.5) is 13.2 Å². The van der Waals surface area contributed by atoms with Crippen LogP contribution in [0.2, 0.25) is 0 Å². The fourth-order valence-corrected chi connectivity index (χ4v) is 5.52. The molecule has 3 atom stereocenters. The van der Waals surface area contributed by atoms with Gasteiger partial charge in [0.05, 0.1) is 24.3 Å². The second-order valence-electron chi connectivity index (χ2n) is 8.89. The van der Waals surface area contributed by atoms with Crippen LogP contribution in [0.15, 0.2) is 24.3 Å². The number of carbonyl (C=O) groups excluding carboxylic acids is 2. The first-order valence-corrected chi connectivity index (χ1v) is 10.5. The topological polar surface area (TPSA) is 69.3 Å². The van der Waals surface area contributed by atoms with Crippen molar-refractivity contribution in [2.45, 2.75) is 44.9 Å². The van der Waals surface area contributed by atoms with Crippen LogP contribution in [-0.4, -0.2) is 44.9 Å². The zero-order chi connectivity index (χ0) is 21.9. The maximum absolute atomic E-state index is 13.4. The van der Waals surface area contributed by atoms with Gasteiger partial charge in [-0.15, -0.1) is 0 Å². The van der Waals surface area contributed by atoms with E-state index in [9.17, 15) is 22.8 Å². The molecule has 3 heterocycles. The number of likely N-dealkylation sites (tertiary alicyclic amines) is 1. The third-order valence-corrected chi connectivity index (χ3v) is 7.04. The minimum absolute atomic E-state index is 0.0520. The van der Waals surface area contributed by atoms with E-state index < -0.39 is 11.7 Å². The largest absolute Gasteiger partial charge is 0.416 e. The van der Waals surface area contributed by atoms with Gasteiger partial charge in [0.2, 0.25) is 5.91 Å². The Morgan fingerprint density at radius 2 is 1.74 bits per heavy atom. The highest BCUT2D eigenvalue weighted by Crippen LogP contribution is 2.49. The smallest absolute Gasteiger partial charge is 0.337 e. The van der Waals surface area contributed by atoms with Gasteiger partial charge in [-0.1, -0.05) is 18.2 Å². The summed E-state index contributed by atoms with van der Waals surface area (Å²) in [6.45, 7) is 3.37. The molecule has 2 amide bonds. The molecule has 0 bridgehead atoms. The molecular formula is C22H23F3N4O2. The van der Waals surface area contributed by atoms with Crippen LogP contribution in [0, 0.1) is 11.8 Å². The molecule has 0 spiro atoms. The number of benzene rings is 1. The van der Waals surface area contributed by atoms with E-state index >= 15 is 0 Å². The molecule has 1 saturated heterocycles. The number of nitrogens with zero attached hydrogens (tertiary/aromatic N) is 3. The number of aromatic nitrogens is 2. The van der Waals surface area contributed by atoms with Crippen molar-refractivity contribution >= 4 is 11.8 Å². The number of hydrogen-bond acceptors (Lipinski definition) is 3. The van der Waals surface area contributed by atoms with Gasteiger partial charge in [-0.25, -0.2) is 0 Å². The number of H-pyrrole nitrogens is 1. The lowest BCUT2D eigenvalue weighted by molar-refractivity contribution is -0.138. The van der Waals surface area contributed by atoms with E-state index in [1.165, 1.54) is 13.0 Å². The van der Waals surface area contributed by atoms with Gasteiger partial charge < -0.3 is 9.80 Å². The maximum atomic E-state index is 13.4. The average molecular weight is 432 g/mol. The SMILES string of the molecule is CC(=O)N1Cc2[nH]nc(C(=O)N3C[C@H]4CC(c5ccccc5C(F)(F)F)C[C@H]4C3)c2C1. The van der Waals surface area contributed by atoms with Crippen LogP contribution in [0.3, 0.4) is 0 Å². The Bertz CT molecular complexity index is 1030. The second-order valence-corrected chi connectivity index (χ2v) is 8.89. The molecule has 164 valence electrons. The molecule has 5 rings (SSSR count). The first kappa shape index (κ1) is 20.1. The van der Waals surface area contributed by atoms with Crippen molar-refractivity contribution < 1.29 is 22.8 Å². The molecule has 2 aliphatic heterocycles. The summed E-state index contributed by atoms with van der Waals surface area (Å²) in [5.74, 6) is 0.0316. The van der Waals surface area contributed by atoms with Gasteiger partial charge in [0.25, 0.3) is 5.91 Å². The molecule has 6 nitrogen and oxygen atoms in total. The van der Waals surface area contributed by atoms with Gasteiger partial charge in [0.1, 0.15) is 0 Å². The minimum Gasteiger partial charge on any atom is -0.337 e. The zero-order valence-electron chi connectivity index (χ0n) is 17.1. The third kappa shape index (κ3) is 3.40. The molecule has 1 aromatic heterocycles. The number of hydrogen-bond donors (Lipinski definition) is 1. The van der Waals surface area contributed by atoms with Gasteiger partial charge >= 0.3 is 6.18 Å². The lowest BCUT2D eigenvalue weighted by Gasteiger charge is -2.21. The first-order chi connectivity index (χ1) is 14.7. The lowest BCUT2D eigenvalue weighted by Crippen LogP contribution is -2.31. The quantitative estimate of drug-likeness (QED) is 0.789. The molecule has 2 fully saturated rings. The Morgan fingerprint density at radius 3 is 2.39 bits per heavy atom. The molecule has 3 aliphatic rings. The van der Waals surface area contributed by atoms with Crippen LogP contribution in [-0.2, 0) is 24.1 Å². The molecule has 31 heavy (non-hydrogen) atoms. The Hall–Kier alpha value is -2.84. The highest BCUT2D eigenvalue weighted by molar-refractivity contribution is 5.94. The van der Waals surface area contributed by atoms with Gasteiger partial charge in [0.15, 0.2) is 5.69 Å². The molecule has 1 unspecified atom stereocenters. The summed E-state index contributed by atoms with van der Waals surface area (Å²) < 4.78 is 40.2. The standard InChI is InChI=1S/C22H23F3N4O2/c1-12(30)28-10-17-19(11-28)26-27-20(17)21(31)29-8-14-6-13(7-15(14)9-29)16-4-2-3-5-18(16)22(23,24)25/h2-5,13-15H,6-11H2,1H3,(H,26,27)/t13?,14-,15+. The first-order valence-electron chi connectivity index (χ1n) is 10.5. The number of amides is 2. The summed E-state index contributed by atoms with van der Waals surface area (Å²) in [6, 6.07) is 5.84. The molecule has 1 saturated carbocycles. The Labute approximate surface area is 177 Å². The maximum Gasteiger partial charge on any atom is 0.416 e. The van der Waals surface area contributed by atoms with Crippen molar-refractivity contribution in [3.8, 4) is 0 Å². The number of fused-ring (bicyclic) bond motifs is 2. The lowest BCUT2D eigenvalue weighted by atomic mass is 9.91. The summed E-state index contributed by atoms with van der Waals surface area (Å²) in [7, 11) is 0. The molecule has 1 aliphatic carbocycles. The summed E-state index contributed by atoms with van der Waals surface area (Å²) in [5.41, 5.74) is 1.75. The molecule has 9 heteroatoms. The van der Waals surface area contributed by atoms with Crippen molar-refractivity contribution in [1.82, 2.24) is 20.0 Å². The van der Waals surface area contributed by atoms with E-state index in [2.05, 4.69) is 10.2 Å². The van der Waals surface area contributed by atoms with Crippen molar-refractivity contribution in [2.75, 3.05) is 13.1 Å². The summed E-state index contributed by atoms with van der Waals surface area (Å²) in [4.78, 5) is 28.2. The summed E-state index contributed by atoms with van der Waals surface area (Å²) in [6.07, 6.45) is -3.05. The number of nitrogens with one attached hydrogen (secondary N) is 1. The Kier molecular flexibility index (Phi) is 4.60. The minimum atomic E-state index is -4.36. The molecule has 0 radical (unpaired) electrons. The number of aromatic amines is 1. The predicted molar refractivity (Wildman–Crippen MR) is 105 cm³/mol. The predicted octanol–water partition coefficient (Wildman–Crippen LogP) is 3.56. The Balaban J connectivity index is 1.28.